The molecule has 1 aliphatic rings. The largest absolute Gasteiger partial charge is 0.377 e. The van der Waals surface area contributed by atoms with E-state index in [0.717, 1.165) is 18.7 Å². The predicted octanol–water partition coefficient (Wildman–Crippen LogP) is 2.75. The van der Waals surface area contributed by atoms with Crippen molar-refractivity contribution in [1.29, 1.82) is 0 Å². The van der Waals surface area contributed by atoms with Crippen LogP contribution in [0.2, 0.25) is 0 Å². The van der Waals surface area contributed by atoms with Crippen LogP contribution in [-0.2, 0) is 4.74 Å². The molecule has 0 spiro atoms. The molecule has 6 nitrogen and oxygen atoms in total. The van der Waals surface area contributed by atoms with E-state index in [1.165, 1.54) is 0 Å². The van der Waals surface area contributed by atoms with E-state index in [1.54, 1.807) is 0 Å². The fraction of sp³-hybridized carbons (Fsp3) is 0.600. The fourth-order valence-electron chi connectivity index (χ4n) is 2.71. The summed E-state index contributed by atoms with van der Waals surface area (Å²) in [5.74, 6) is 1.28. The highest BCUT2D eigenvalue weighted by molar-refractivity contribution is 5.45. The van der Waals surface area contributed by atoms with Gasteiger partial charge in [0.2, 0.25) is 0 Å². The number of hydrogen-bond acceptors (Lipinski definition) is 6. The van der Waals surface area contributed by atoms with Gasteiger partial charge >= 0.3 is 0 Å². The van der Waals surface area contributed by atoms with Crippen LogP contribution >= 0.6 is 0 Å². The van der Waals surface area contributed by atoms with Crippen LogP contribution in [0.3, 0.4) is 0 Å². The van der Waals surface area contributed by atoms with Crippen LogP contribution in [0.15, 0.2) is 16.7 Å². The molecule has 0 radical (unpaired) electrons. The average Bonchev–Trinajstić information content (AvgIpc) is 3.07. The second-order valence-corrected chi connectivity index (χ2v) is 6.57. The highest BCUT2D eigenvalue weighted by Gasteiger charge is 2.40. The number of hydrogen-bond donors (Lipinski definition) is 0. The van der Waals surface area contributed by atoms with Crippen molar-refractivity contribution in [3.63, 3.8) is 0 Å². The molecule has 0 aliphatic carbocycles. The summed E-state index contributed by atoms with van der Waals surface area (Å²) in [6.45, 7) is 9.13. The Bertz CT molecular complexity index is 615. The standard InChI is InChI=1S/C15H20N4O2/c1-9-5-6-11(18-17-9)14-16-13(19-21-14)10-7-8-20-12(10)15(2,3)4/h5-6,10,12H,7-8H2,1-4H3/t10-,12-/m1/s1. The first-order valence-electron chi connectivity index (χ1n) is 7.21. The minimum absolute atomic E-state index is 0.0472. The lowest BCUT2D eigenvalue weighted by molar-refractivity contribution is 0.0193. The van der Waals surface area contributed by atoms with E-state index in [2.05, 4.69) is 41.1 Å². The molecular formula is C15H20N4O2. The number of aromatic nitrogens is 4. The monoisotopic (exact) mass is 288 g/mol. The molecule has 1 saturated heterocycles. The topological polar surface area (TPSA) is 73.9 Å². The molecule has 1 fully saturated rings. The van der Waals surface area contributed by atoms with Gasteiger partial charge in [-0.05, 0) is 30.9 Å². The van der Waals surface area contributed by atoms with Crippen molar-refractivity contribution in [3.8, 4) is 11.6 Å². The Morgan fingerprint density at radius 1 is 1.19 bits per heavy atom. The first-order valence-corrected chi connectivity index (χ1v) is 7.21. The number of rotatable bonds is 2. The molecule has 112 valence electrons. The highest BCUT2D eigenvalue weighted by atomic mass is 16.5. The van der Waals surface area contributed by atoms with E-state index in [4.69, 9.17) is 9.26 Å². The zero-order valence-corrected chi connectivity index (χ0v) is 12.8. The Morgan fingerprint density at radius 2 is 2.00 bits per heavy atom. The van der Waals surface area contributed by atoms with Crippen LogP contribution in [0.25, 0.3) is 11.6 Å². The van der Waals surface area contributed by atoms with Crippen molar-refractivity contribution >= 4 is 0 Å². The van der Waals surface area contributed by atoms with Crippen molar-refractivity contribution in [1.82, 2.24) is 20.3 Å². The molecule has 2 atom stereocenters. The average molecular weight is 288 g/mol. The van der Waals surface area contributed by atoms with Gasteiger partial charge in [-0.25, -0.2) is 0 Å². The van der Waals surface area contributed by atoms with E-state index in [1.807, 2.05) is 19.1 Å². The van der Waals surface area contributed by atoms with Crippen LogP contribution in [-0.4, -0.2) is 33.0 Å². The number of aryl methyl sites for hydroxylation is 1. The van der Waals surface area contributed by atoms with Crippen molar-refractivity contribution in [2.75, 3.05) is 6.61 Å². The lowest BCUT2D eigenvalue weighted by Crippen LogP contribution is -2.30. The van der Waals surface area contributed by atoms with Crippen LogP contribution in [0.1, 0.15) is 44.6 Å². The molecule has 0 bridgehead atoms. The van der Waals surface area contributed by atoms with Crippen molar-refractivity contribution < 1.29 is 9.26 Å². The summed E-state index contributed by atoms with van der Waals surface area (Å²) in [6, 6.07) is 3.72. The predicted molar refractivity (Wildman–Crippen MR) is 76.6 cm³/mol. The van der Waals surface area contributed by atoms with Gasteiger partial charge in [-0.1, -0.05) is 25.9 Å². The molecule has 0 aromatic carbocycles. The SMILES string of the molecule is Cc1ccc(-c2nc([C@@H]3CCO[C@H]3C(C)(C)C)no2)nn1. The zero-order valence-electron chi connectivity index (χ0n) is 12.8. The molecule has 0 unspecified atom stereocenters. The Labute approximate surface area is 123 Å². The molecule has 0 amide bonds. The van der Waals surface area contributed by atoms with Gasteiger partial charge < -0.3 is 9.26 Å². The first kappa shape index (κ1) is 14.1. The summed E-state index contributed by atoms with van der Waals surface area (Å²) >= 11 is 0. The maximum atomic E-state index is 5.87. The molecule has 1 aliphatic heterocycles. The third kappa shape index (κ3) is 2.81. The molecule has 21 heavy (non-hydrogen) atoms. The van der Waals surface area contributed by atoms with Crippen molar-refractivity contribution in [3.05, 3.63) is 23.7 Å². The lowest BCUT2D eigenvalue weighted by Gasteiger charge is -2.29. The maximum absolute atomic E-state index is 5.87. The van der Waals surface area contributed by atoms with Crippen molar-refractivity contribution in [2.24, 2.45) is 5.41 Å². The molecule has 2 aromatic heterocycles. The summed E-state index contributed by atoms with van der Waals surface area (Å²) in [4.78, 5) is 4.50. The van der Waals surface area contributed by atoms with Gasteiger partial charge in [-0.15, -0.1) is 5.10 Å². The molecule has 0 N–H and O–H groups in total. The normalized spacial score (nSPS) is 22.7. The third-order valence-electron chi connectivity index (χ3n) is 3.74. The molecule has 3 rings (SSSR count). The summed E-state index contributed by atoms with van der Waals surface area (Å²) in [7, 11) is 0. The second-order valence-electron chi connectivity index (χ2n) is 6.57. The van der Waals surface area contributed by atoms with E-state index in [0.29, 0.717) is 17.4 Å². The van der Waals surface area contributed by atoms with Gasteiger partial charge in [0.15, 0.2) is 11.5 Å². The van der Waals surface area contributed by atoms with E-state index in [9.17, 15) is 0 Å². The van der Waals surface area contributed by atoms with Crippen LogP contribution in [0, 0.1) is 12.3 Å². The van der Waals surface area contributed by atoms with Crippen molar-refractivity contribution in [2.45, 2.75) is 46.1 Å². The molecular weight excluding hydrogens is 268 g/mol. The smallest absolute Gasteiger partial charge is 0.278 e. The molecule has 2 aromatic rings. The maximum Gasteiger partial charge on any atom is 0.278 e. The van der Waals surface area contributed by atoms with Gasteiger partial charge in [-0.2, -0.15) is 10.1 Å². The zero-order chi connectivity index (χ0) is 15.0. The minimum Gasteiger partial charge on any atom is -0.377 e. The van der Waals surface area contributed by atoms with Gasteiger partial charge in [-0.3, -0.25) is 0 Å². The van der Waals surface area contributed by atoms with Gasteiger partial charge in [0.1, 0.15) is 0 Å². The molecule has 6 heteroatoms. The molecule has 3 heterocycles. The van der Waals surface area contributed by atoms with Crippen LogP contribution in [0.4, 0.5) is 0 Å². The summed E-state index contributed by atoms with van der Waals surface area (Å²) in [6.07, 6.45) is 1.02. The van der Waals surface area contributed by atoms with Gasteiger partial charge in [0.25, 0.3) is 5.89 Å². The Hall–Kier alpha value is -1.82. The summed E-state index contributed by atoms with van der Waals surface area (Å²) in [5.41, 5.74) is 1.51. The molecule has 0 saturated carbocycles. The first-order chi connectivity index (χ1) is 9.95. The van der Waals surface area contributed by atoms with Crippen LogP contribution in [0.5, 0.6) is 0 Å². The van der Waals surface area contributed by atoms with Gasteiger partial charge in [0.05, 0.1) is 17.7 Å². The third-order valence-corrected chi connectivity index (χ3v) is 3.74. The summed E-state index contributed by atoms with van der Waals surface area (Å²) < 4.78 is 11.2. The van der Waals surface area contributed by atoms with E-state index < -0.39 is 0 Å². The quantitative estimate of drug-likeness (QED) is 0.846. The second kappa shape index (κ2) is 5.18. The minimum atomic E-state index is 0.0472. The van der Waals surface area contributed by atoms with Gasteiger partial charge in [0, 0.05) is 6.61 Å². The number of ether oxygens (including phenoxy) is 1. The lowest BCUT2D eigenvalue weighted by atomic mass is 9.81. The van der Waals surface area contributed by atoms with E-state index >= 15 is 0 Å². The Kier molecular flexibility index (Phi) is 3.49. The highest BCUT2D eigenvalue weighted by Crippen LogP contribution is 2.40. The number of nitrogens with zero attached hydrogens (tertiary/aromatic N) is 4. The summed E-state index contributed by atoms with van der Waals surface area (Å²) in [5, 5.41) is 12.2. The Balaban J connectivity index is 1.86. The Morgan fingerprint density at radius 3 is 2.67 bits per heavy atom. The van der Waals surface area contributed by atoms with E-state index in [-0.39, 0.29) is 17.4 Å². The fourth-order valence-corrected chi connectivity index (χ4v) is 2.71. The van der Waals surface area contributed by atoms with Crippen LogP contribution < -0.4 is 0 Å².